The first-order valence-electron chi connectivity index (χ1n) is 8.35. The van der Waals surface area contributed by atoms with Crippen LogP contribution in [0.5, 0.6) is 0 Å². The molecule has 1 aromatic carbocycles. The lowest BCUT2D eigenvalue weighted by Gasteiger charge is -2.36. The minimum absolute atomic E-state index is 0.103. The van der Waals surface area contributed by atoms with Gasteiger partial charge < -0.3 is 9.88 Å². The van der Waals surface area contributed by atoms with Crippen molar-refractivity contribution in [1.82, 2.24) is 14.9 Å². The van der Waals surface area contributed by atoms with Crippen LogP contribution in [0.4, 0.5) is 10.1 Å². The Labute approximate surface area is 141 Å². The van der Waals surface area contributed by atoms with E-state index in [-0.39, 0.29) is 17.3 Å². The van der Waals surface area contributed by atoms with Gasteiger partial charge in [0.15, 0.2) is 0 Å². The lowest BCUT2D eigenvalue weighted by Crippen LogP contribution is -2.46. The molecule has 2 heterocycles. The first-order valence-corrected chi connectivity index (χ1v) is 8.35. The number of rotatable bonds is 4. The zero-order valence-corrected chi connectivity index (χ0v) is 14.1. The minimum Gasteiger partial charge on any atom is -0.367 e. The van der Waals surface area contributed by atoms with Crippen LogP contribution < -0.4 is 10.5 Å². The largest absolute Gasteiger partial charge is 0.367 e. The predicted octanol–water partition coefficient (Wildman–Crippen LogP) is 2.35. The molecule has 6 heteroatoms. The van der Waals surface area contributed by atoms with Crippen molar-refractivity contribution in [3.63, 3.8) is 0 Å². The molecular formula is C18H23FN4O. The van der Waals surface area contributed by atoms with Gasteiger partial charge in [0.25, 0.3) is 5.56 Å². The number of anilines is 1. The normalized spacial score (nSPS) is 15.9. The number of aromatic amines is 1. The molecule has 0 unspecified atom stereocenters. The molecule has 0 aliphatic carbocycles. The third-order valence-electron chi connectivity index (χ3n) is 4.31. The van der Waals surface area contributed by atoms with Crippen molar-refractivity contribution in [1.29, 1.82) is 0 Å². The number of nitrogens with zero attached hydrogens (tertiary/aromatic N) is 3. The fraction of sp³-hybridized carbons (Fsp3) is 0.444. The number of nitrogens with one attached hydrogen (secondary N) is 1. The van der Waals surface area contributed by atoms with Crippen LogP contribution in [0.1, 0.15) is 31.3 Å². The van der Waals surface area contributed by atoms with Crippen LogP contribution in [-0.4, -0.2) is 41.0 Å². The summed E-state index contributed by atoms with van der Waals surface area (Å²) in [5.74, 6) is 0.738. The smallest absolute Gasteiger partial charge is 0.251 e. The Kier molecular flexibility index (Phi) is 4.94. The molecule has 128 valence electrons. The standard InChI is InChI=1S/C18H23FN4O/c1-13(2)18-20-14(11-17(24)21-18)12-22-7-9-23(10-8-22)16-6-4-3-5-15(16)19/h3-6,11,13H,7-10,12H2,1-2H3,(H,20,21,24). The SMILES string of the molecule is CC(C)c1nc(CN2CCN(c3ccccc3F)CC2)cc(=O)[nH]1. The van der Waals surface area contributed by atoms with E-state index in [0.29, 0.717) is 12.2 Å². The van der Waals surface area contributed by atoms with Crippen molar-refractivity contribution in [2.24, 2.45) is 0 Å². The quantitative estimate of drug-likeness (QED) is 0.935. The monoisotopic (exact) mass is 330 g/mol. The van der Waals surface area contributed by atoms with Crippen molar-refractivity contribution in [3.8, 4) is 0 Å². The molecule has 0 amide bonds. The molecule has 1 aromatic heterocycles. The summed E-state index contributed by atoms with van der Waals surface area (Å²) < 4.78 is 13.9. The molecule has 1 aliphatic heterocycles. The van der Waals surface area contributed by atoms with Gasteiger partial charge in [-0.1, -0.05) is 26.0 Å². The van der Waals surface area contributed by atoms with Crippen molar-refractivity contribution >= 4 is 5.69 Å². The Morgan fingerprint density at radius 1 is 1.21 bits per heavy atom. The van der Waals surface area contributed by atoms with E-state index in [1.165, 1.54) is 6.07 Å². The van der Waals surface area contributed by atoms with Gasteiger partial charge in [0, 0.05) is 44.7 Å². The minimum atomic E-state index is -0.177. The van der Waals surface area contributed by atoms with E-state index in [9.17, 15) is 9.18 Å². The van der Waals surface area contributed by atoms with Gasteiger partial charge in [-0.25, -0.2) is 9.37 Å². The van der Waals surface area contributed by atoms with Crippen molar-refractivity contribution in [2.75, 3.05) is 31.1 Å². The number of benzene rings is 1. The molecule has 0 radical (unpaired) electrons. The highest BCUT2D eigenvalue weighted by atomic mass is 19.1. The highest BCUT2D eigenvalue weighted by Gasteiger charge is 2.20. The van der Waals surface area contributed by atoms with E-state index >= 15 is 0 Å². The van der Waals surface area contributed by atoms with E-state index in [1.807, 2.05) is 26.0 Å². The highest BCUT2D eigenvalue weighted by Crippen LogP contribution is 2.20. The van der Waals surface area contributed by atoms with Gasteiger partial charge in [0.1, 0.15) is 11.6 Å². The molecule has 24 heavy (non-hydrogen) atoms. The maximum Gasteiger partial charge on any atom is 0.251 e. The number of H-pyrrole nitrogens is 1. The summed E-state index contributed by atoms with van der Waals surface area (Å²) in [7, 11) is 0. The molecule has 1 fully saturated rings. The lowest BCUT2D eigenvalue weighted by molar-refractivity contribution is 0.246. The van der Waals surface area contributed by atoms with Crippen molar-refractivity contribution in [2.45, 2.75) is 26.3 Å². The number of piperazine rings is 1. The molecule has 3 rings (SSSR count). The average Bonchev–Trinajstić information content (AvgIpc) is 2.55. The number of aromatic nitrogens is 2. The Hall–Kier alpha value is -2.21. The first-order chi connectivity index (χ1) is 11.5. The van der Waals surface area contributed by atoms with Gasteiger partial charge in [-0.2, -0.15) is 0 Å². The van der Waals surface area contributed by atoms with E-state index in [4.69, 9.17) is 0 Å². The van der Waals surface area contributed by atoms with Crippen LogP contribution in [-0.2, 0) is 6.54 Å². The Morgan fingerprint density at radius 2 is 1.92 bits per heavy atom. The summed E-state index contributed by atoms with van der Waals surface area (Å²) in [5.41, 5.74) is 1.35. The van der Waals surface area contributed by atoms with Crippen LogP contribution >= 0.6 is 0 Å². The van der Waals surface area contributed by atoms with Crippen LogP contribution in [0.2, 0.25) is 0 Å². The summed E-state index contributed by atoms with van der Waals surface area (Å²) in [6.07, 6.45) is 0. The molecule has 0 bridgehead atoms. The number of hydrogen-bond donors (Lipinski definition) is 1. The summed E-state index contributed by atoms with van der Waals surface area (Å²) >= 11 is 0. The summed E-state index contributed by atoms with van der Waals surface area (Å²) in [6, 6.07) is 8.45. The number of para-hydroxylation sites is 1. The Balaban J connectivity index is 1.64. The maximum atomic E-state index is 13.9. The lowest BCUT2D eigenvalue weighted by atomic mass is 10.2. The van der Waals surface area contributed by atoms with E-state index < -0.39 is 0 Å². The molecular weight excluding hydrogens is 307 g/mol. The molecule has 0 atom stereocenters. The average molecular weight is 330 g/mol. The molecule has 1 saturated heterocycles. The first kappa shape index (κ1) is 16.6. The van der Waals surface area contributed by atoms with Crippen molar-refractivity contribution in [3.05, 3.63) is 58.0 Å². The number of hydrogen-bond acceptors (Lipinski definition) is 4. The van der Waals surface area contributed by atoms with E-state index in [1.54, 1.807) is 12.1 Å². The van der Waals surface area contributed by atoms with Gasteiger partial charge in [-0.3, -0.25) is 9.69 Å². The van der Waals surface area contributed by atoms with Gasteiger partial charge in [0.2, 0.25) is 0 Å². The third-order valence-corrected chi connectivity index (χ3v) is 4.31. The summed E-state index contributed by atoms with van der Waals surface area (Å²) in [4.78, 5) is 23.4. The summed E-state index contributed by atoms with van der Waals surface area (Å²) in [5, 5.41) is 0. The van der Waals surface area contributed by atoms with Gasteiger partial charge in [-0.15, -0.1) is 0 Å². The molecule has 1 N–H and O–H groups in total. The van der Waals surface area contributed by atoms with E-state index in [2.05, 4.69) is 19.8 Å². The van der Waals surface area contributed by atoms with E-state index in [0.717, 1.165) is 37.7 Å². The maximum absolute atomic E-state index is 13.9. The van der Waals surface area contributed by atoms with Crippen LogP contribution in [0.3, 0.4) is 0 Å². The molecule has 0 spiro atoms. The van der Waals surface area contributed by atoms with Gasteiger partial charge >= 0.3 is 0 Å². The third kappa shape index (κ3) is 3.82. The Morgan fingerprint density at radius 3 is 2.58 bits per heavy atom. The van der Waals surface area contributed by atoms with Crippen molar-refractivity contribution < 1.29 is 4.39 Å². The van der Waals surface area contributed by atoms with Gasteiger partial charge in [-0.05, 0) is 12.1 Å². The molecule has 1 aliphatic rings. The molecule has 5 nitrogen and oxygen atoms in total. The van der Waals surface area contributed by atoms with Gasteiger partial charge in [0.05, 0.1) is 11.4 Å². The molecule has 2 aromatic rings. The number of halogens is 1. The van der Waals surface area contributed by atoms with Crippen LogP contribution in [0.15, 0.2) is 35.1 Å². The second-order valence-corrected chi connectivity index (χ2v) is 6.49. The fourth-order valence-electron chi connectivity index (χ4n) is 2.97. The zero-order valence-electron chi connectivity index (χ0n) is 14.1. The second-order valence-electron chi connectivity index (χ2n) is 6.49. The molecule has 0 saturated carbocycles. The highest BCUT2D eigenvalue weighted by molar-refractivity contribution is 5.48. The van der Waals surface area contributed by atoms with Crippen LogP contribution in [0, 0.1) is 5.82 Å². The fourth-order valence-corrected chi connectivity index (χ4v) is 2.97. The zero-order chi connectivity index (χ0) is 17.1. The summed E-state index contributed by atoms with van der Waals surface area (Å²) in [6.45, 7) is 7.83. The predicted molar refractivity (Wildman–Crippen MR) is 92.8 cm³/mol. The Bertz CT molecular complexity index is 751. The van der Waals surface area contributed by atoms with Crippen LogP contribution in [0.25, 0.3) is 0 Å². The second kappa shape index (κ2) is 7.13. The topological polar surface area (TPSA) is 52.2 Å².